The second kappa shape index (κ2) is 4.00. The van der Waals surface area contributed by atoms with Crippen LogP contribution in [0.2, 0.25) is 0 Å². The third kappa shape index (κ3) is 2.32. The van der Waals surface area contributed by atoms with Crippen LogP contribution in [0.25, 0.3) is 11.5 Å². The van der Waals surface area contributed by atoms with Gasteiger partial charge in [-0.25, -0.2) is 0 Å². The highest BCUT2D eigenvalue weighted by atomic mass is 16.5. The number of nitrogens with zero attached hydrogens (tertiary/aromatic N) is 3. The molecule has 17 heavy (non-hydrogen) atoms. The first kappa shape index (κ1) is 11.3. The highest BCUT2D eigenvalue weighted by Crippen LogP contribution is 2.21. The number of aromatic nitrogens is 2. The molecule has 5 nitrogen and oxygen atoms in total. The molecule has 0 amide bonds. The standard InChI is InChI=1S/C12H12N4O/c1-12(2,14)11-15-10(17-16-11)9-5-3-4-8(6-9)7-13/h3-6H,14H2,1-2H3. The van der Waals surface area contributed by atoms with Crippen LogP contribution in [0, 0.1) is 11.3 Å². The van der Waals surface area contributed by atoms with E-state index in [9.17, 15) is 0 Å². The van der Waals surface area contributed by atoms with Crippen LogP contribution in [0.15, 0.2) is 28.8 Å². The third-order valence-corrected chi connectivity index (χ3v) is 2.24. The van der Waals surface area contributed by atoms with Crippen molar-refractivity contribution in [2.24, 2.45) is 5.73 Å². The molecule has 1 aromatic heterocycles. The minimum absolute atomic E-state index is 0.371. The van der Waals surface area contributed by atoms with Gasteiger partial charge in [-0.3, -0.25) is 0 Å². The third-order valence-electron chi connectivity index (χ3n) is 2.24. The van der Waals surface area contributed by atoms with E-state index in [0.717, 1.165) is 0 Å². The van der Waals surface area contributed by atoms with Crippen LogP contribution in [0.5, 0.6) is 0 Å². The van der Waals surface area contributed by atoms with Crippen LogP contribution < -0.4 is 5.73 Å². The monoisotopic (exact) mass is 228 g/mol. The number of nitriles is 1. The molecule has 0 unspecified atom stereocenters. The van der Waals surface area contributed by atoms with Gasteiger partial charge in [0.25, 0.3) is 5.89 Å². The Labute approximate surface area is 98.9 Å². The zero-order chi connectivity index (χ0) is 12.5. The Hall–Kier alpha value is -2.19. The van der Waals surface area contributed by atoms with Crippen molar-refractivity contribution in [1.82, 2.24) is 10.1 Å². The van der Waals surface area contributed by atoms with Gasteiger partial charge in [0.15, 0.2) is 5.82 Å². The number of hydrogen-bond donors (Lipinski definition) is 1. The summed E-state index contributed by atoms with van der Waals surface area (Å²) in [6, 6.07) is 9.05. The van der Waals surface area contributed by atoms with Crippen LogP contribution in [0.4, 0.5) is 0 Å². The van der Waals surface area contributed by atoms with Gasteiger partial charge in [-0.15, -0.1) is 0 Å². The summed E-state index contributed by atoms with van der Waals surface area (Å²) in [4.78, 5) is 4.21. The second-order valence-electron chi connectivity index (χ2n) is 4.34. The van der Waals surface area contributed by atoms with Crippen LogP contribution >= 0.6 is 0 Å². The molecule has 0 atom stereocenters. The van der Waals surface area contributed by atoms with Crippen LogP contribution in [-0.2, 0) is 5.54 Å². The van der Waals surface area contributed by atoms with Gasteiger partial charge in [-0.2, -0.15) is 10.2 Å². The van der Waals surface area contributed by atoms with E-state index in [4.69, 9.17) is 15.5 Å². The van der Waals surface area contributed by atoms with Crippen LogP contribution in [0.1, 0.15) is 25.2 Å². The Morgan fingerprint density at radius 1 is 1.41 bits per heavy atom. The van der Waals surface area contributed by atoms with E-state index < -0.39 is 5.54 Å². The highest BCUT2D eigenvalue weighted by Gasteiger charge is 2.21. The summed E-state index contributed by atoms with van der Waals surface area (Å²) in [6.07, 6.45) is 0. The fourth-order valence-corrected chi connectivity index (χ4v) is 1.32. The number of nitrogens with two attached hydrogens (primary N) is 1. The molecule has 0 spiro atoms. The van der Waals surface area contributed by atoms with Crippen molar-refractivity contribution in [3.05, 3.63) is 35.7 Å². The molecule has 0 saturated carbocycles. The van der Waals surface area contributed by atoms with Crippen molar-refractivity contribution < 1.29 is 4.52 Å². The Morgan fingerprint density at radius 2 is 2.18 bits per heavy atom. The average Bonchev–Trinajstić information content (AvgIpc) is 2.78. The van der Waals surface area contributed by atoms with Gasteiger partial charge in [0.05, 0.1) is 17.2 Å². The van der Waals surface area contributed by atoms with Gasteiger partial charge in [-0.1, -0.05) is 11.2 Å². The lowest BCUT2D eigenvalue weighted by atomic mass is 10.1. The Kier molecular flexibility index (Phi) is 2.66. The van der Waals surface area contributed by atoms with Gasteiger partial charge < -0.3 is 10.3 Å². The number of rotatable bonds is 2. The van der Waals surface area contributed by atoms with E-state index >= 15 is 0 Å². The smallest absolute Gasteiger partial charge is 0.258 e. The molecule has 0 saturated heterocycles. The molecule has 1 heterocycles. The van der Waals surface area contributed by atoms with Gasteiger partial charge in [0.1, 0.15) is 0 Å². The molecule has 5 heteroatoms. The summed E-state index contributed by atoms with van der Waals surface area (Å²) in [7, 11) is 0. The average molecular weight is 228 g/mol. The molecule has 2 N–H and O–H groups in total. The topological polar surface area (TPSA) is 88.7 Å². The predicted molar refractivity (Wildman–Crippen MR) is 61.7 cm³/mol. The first-order chi connectivity index (χ1) is 8.00. The normalized spacial score (nSPS) is 11.2. The molecule has 86 valence electrons. The van der Waals surface area contributed by atoms with Crippen molar-refractivity contribution >= 4 is 0 Å². The van der Waals surface area contributed by atoms with Crippen LogP contribution in [0.3, 0.4) is 0 Å². The second-order valence-corrected chi connectivity index (χ2v) is 4.34. The molecular weight excluding hydrogens is 216 g/mol. The maximum Gasteiger partial charge on any atom is 0.258 e. The summed E-state index contributed by atoms with van der Waals surface area (Å²) < 4.78 is 5.13. The highest BCUT2D eigenvalue weighted by molar-refractivity contribution is 5.56. The molecule has 0 radical (unpaired) electrons. The molecule has 0 aliphatic heterocycles. The fraction of sp³-hybridized carbons (Fsp3) is 0.250. The molecule has 1 aromatic carbocycles. The van der Waals surface area contributed by atoms with Crippen molar-refractivity contribution in [2.75, 3.05) is 0 Å². The van der Waals surface area contributed by atoms with Crippen LogP contribution in [-0.4, -0.2) is 10.1 Å². The Balaban J connectivity index is 2.41. The van der Waals surface area contributed by atoms with Gasteiger partial charge in [-0.05, 0) is 32.0 Å². The lowest BCUT2D eigenvalue weighted by Gasteiger charge is -2.11. The summed E-state index contributed by atoms with van der Waals surface area (Å²) in [6.45, 7) is 3.60. The fourth-order valence-electron chi connectivity index (χ4n) is 1.32. The van der Waals surface area contributed by atoms with Crippen molar-refractivity contribution in [1.29, 1.82) is 5.26 Å². The van der Waals surface area contributed by atoms with Gasteiger partial charge >= 0.3 is 0 Å². The van der Waals surface area contributed by atoms with E-state index in [1.165, 1.54) is 0 Å². The van der Waals surface area contributed by atoms with E-state index in [-0.39, 0.29) is 0 Å². The lowest BCUT2D eigenvalue weighted by Crippen LogP contribution is -2.30. The molecule has 0 aliphatic carbocycles. The molecule has 0 fully saturated rings. The largest absolute Gasteiger partial charge is 0.334 e. The first-order valence-corrected chi connectivity index (χ1v) is 5.14. The van der Waals surface area contributed by atoms with E-state index in [1.807, 2.05) is 6.07 Å². The van der Waals surface area contributed by atoms with E-state index in [2.05, 4.69) is 16.2 Å². The summed E-state index contributed by atoms with van der Waals surface area (Å²) >= 11 is 0. The maximum absolute atomic E-state index is 8.81. The first-order valence-electron chi connectivity index (χ1n) is 5.14. The quantitative estimate of drug-likeness (QED) is 0.846. The zero-order valence-electron chi connectivity index (χ0n) is 9.64. The molecule has 0 aliphatic rings. The summed E-state index contributed by atoms with van der Waals surface area (Å²) in [5, 5.41) is 12.6. The molecule has 0 bridgehead atoms. The molecule has 2 aromatic rings. The molecular formula is C12H12N4O. The summed E-state index contributed by atoms with van der Waals surface area (Å²) in [5.41, 5.74) is 6.49. The predicted octanol–water partition coefficient (Wildman–Crippen LogP) is 1.80. The molecule has 2 rings (SSSR count). The van der Waals surface area contributed by atoms with E-state index in [0.29, 0.717) is 22.8 Å². The van der Waals surface area contributed by atoms with E-state index in [1.54, 1.807) is 32.0 Å². The van der Waals surface area contributed by atoms with Crippen molar-refractivity contribution in [3.63, 3.8) is 0 Å². The van der Waals surface area contributed by atoms with Crippen molar-refractivity contribution in [3.8, 4) is 17.5 Å². The minimum Gasteiger partial charge on any atom is -0.334 e. The zero-order valence-corrected chi connectivity index (χ0v) is 9.64. The Morgan fingerprint density at radius 3 is 2.76 bits per heavy atom. The maximum atomic E-state index is 8.81. The SMILES string of the molecule is CC(C)(N)c1noc(-c2cccc(C#N)c2)n1. The number of benzene rings is 1. The lowest BCUT2D eigenvalue weighted by molar-refractivity contribution is 0.397. The minimum atomic E-state index is -0.644. The van der Waals surface area contributed by atoms with Gasteiger partial charge in [0, 0.05) is 5.56 Å². The number of hydrogen-bond acceptors (Lipinski definition) is 5. The van der Waals surface area contributed by atoms with Crippen molar-refractivity contribution in [2.45, 2.75) is 19.4 Å². The summed E-state index contributed by atoms with van der Waals surface area (Å²) in [5.74, 6) is 0.811. The van der Waals surface area contributed by atoms with Gasteiger partial charge in [0.2, 0.25) is 0 Å². The Bertz CT molecular complexity index is 575.